The van der Waals surface area contributed by atoms with E-state index in [1.54, 1.807) is 0 Å². The summed E-state index contributed by atoms with van der Waals surface area (Å²) in [5, 5.41) is 42.8. The molecule has 0 aliphatic heterocycles. The molecule has 0 rings (SSSR count). The number of carbonyl (C=O) groups is 9. The van der Waals surface area contributed by atoms with Crippen molar-refractivity contribution < 1.29 is 115 Å². The molecule has 1 unspecified atom stereocenters. The summed E-state index contributed by atoms with van der Waals surface area (Å²) in [6.45, 7) is 9.12. The average Bonchev–Trinajstić information content (AvgIpc) is 3.57. The van der Waals surface area contributed by atoms with Gasteiger partial charge in [-0.2, -0.15) is 0 Å². The van der Waals surface area contributed by atoms with Gasteiger partial charge in [-0.1, -0.05) is 64.7 Å². The maximum Gasteiger partial charge on any atom is 0.407 e. The minimum absolute atomic E-state index is 0.0119. The fourth-order valence-electron chi connectivity index (χ4n) is 8.25. The van der Waals surface area contributed by atoms with Crippen LogP contribution in [-0.2, 0) is 95.2 Å². The first-order valence-electron chi connectivity index (χ1n) is 33.5. The normalized spacial score (nSPS) is 11.8. The number of ether oxygens (including phenoxy) is 12. The molecule has 0 aromatic carbocycles. The molecule has 0 spiro atoms. The molecule has 0 saturated heterocycles. The van der Waals surface area contributed by atoms with Crippen LogP contribution in [0.15, 0.2) is 0 Å². The quantitative estimate of drug-likeness (QED) is 0.0390. The number of carbonyl (C=O) groups excluding carboxylic acids is 6. The van der Waals surface area contributed by atoms with Crippen LogP contribution < -0.4 is 31.9 Å². The SMILES string of the molecule is CCC(COCCC(=O)NCCOCCOCCOCCC(=O)NCCCCCCCC(=O)O)(COC(=O)NCCOCCOCCOCCC(=O)NCCCCCCCC(=O)O)OCCC(=O)NCCOCCOCCOCCC(=O)NCCCCCCCC(=O)O. The molecule has 0 radical (unpaired) electrons. The largest absolute Gasteiger partial charge is 0.481 e. The van der Waals surface area contributed by atoms with E-state index in [9.17, 15) is 43.2 Å². The van der Waals surface area contributed by atoms with Crippen molar-refractivity contribution in [2.45, 2.75) is 167 Å². The third-order valence-corrected chi connectivity index (χ3v) is 13.7. The van der Waals surface area contributed by atoms with Gasteiger partial charge in [-0.05, 0) is 44.9 Å². The Hall–Kier alpha value is -5.41. The highest BCUT2D eigenvalue weighted by atomic mass is 16.6. The van der Waals surface area contributed by atoms with E-state index in [0.29, 0.717) is 111 Å². The zero-order valence-corrected chi connectivity index (χ0v) is 55.7. The van der Waals surface area contributed by atoms with Gasteiger partial charge < -0.3 is 104 Å². The molecule has 30 heteroatoms. The molecule has 0 saturated carbocycles. The lowest BCUT2D eigenvalue weighted by molar-refractivity contribution is -0.139. The first-order valence-corrected chi connectivity index (χ1v) is 33.5. The zero-order chi connectivity index (χ0) is 68.2. The molecule has 0 aromatic heterocycles. The molecular formula is C63H116N6O24. The lowest BCUT2D eigenvalue weighted by atomic mass is 10.0. The molecule has 6 amide bonds. The lowest BCUT2D eigenvalue weighted by Gasteiger charge is -2.32. The summed E-state index contributed by atoms with van der Waals surface area (Å²) in [6.07, 6.45) is 13.6. The standard InChI is InChI=1S/C63H116N6O24/c1-2-63(53-92-62(81)69-31-39-87-45-51-90-48-42-84-34-23-56(72)66-28-17-11-5-8-14-20-61(79)80,93-36-25-58(74)68-30-38-86-44-50-89-47-41-83-33-22-55(71)65-27-16-10-4-7-13-19-60(77)78)52-91-35-24-57(73)67-29-37-85-43-49-88-46-40-82-32-21-54(70)64-26-15-9-3-6-12-18-59(75)76/h2-53H2,1H3,(H,64,70)(H,65,71)(H,66,72)(H,67,73)(H,68,74)(H,69,81)(H,75,76)(H,77,78)(H,79,80). The fraction of sp³-hybridized carbons (Fsp3) is 0.857. The van der Waals surface area contributed by atoms with Crippen molar-refractivity contribution in [3.05, 3.63) is 0 Å². The maximum absolute atomic E-state index is 12.8. The van der Waals surface area contributed by atoms with E-state index in [4.69, 9.17) is 72.2 Å². The number of unbranched alkanes of at least 4 members (excludes halogenated alkanes) is 12. The molecule has 542 valence electrons. The predicted molar refractivity (Wildman–Crippen MR) is 341 cm³/mol. The Morgan fingerprint density at radius 2 is 0.527 bits per heavy atom. The molecular weight excluding hydrogens is 1220 g/mol. The molecule has 0 aliphatic carbocycles. The number of amides is 6. The van der Waals surface area contributed by atoms with Crippen molar-refractivity contribution in [2.24, 2.45) is 0 Å². The van der Waals surface area contributed by atoms with Crippen molar-refractivity contribution in [1.29, 1.82) is 0 Å². The average molecular weight is 1340 g/mol. The van der Waals surface area contributed by atoms with Crippen LogP contribution in [-0.4, -0.2) is 259 Å². The van der Waals surface area contributed by atoms with Crippen molar-refractivity contribution in [2.75, 3.05) is 185 Å². The smallest absolute Gasteiger partial charge is 0.407 e. The first-order chi connectivity index (χ1) is 45.2. The third kappa shape index (κ3) is 66.4. The van der Waals surface area contributed by atoms with Crippen LogP contribution in [0.2, 0.25) is 0 Å². The van der Waals surface area contributed by atoms with Crippen molar-refractivity contribution in [1.82, 2.24) is 31.9 Å². The van der Waals surface area contributed by atoms with Crippen LogP contribution >= 0.6 is 0 Å². The van der Waals surface area contributed by atoms with E-state index in [1.165, 1.54) is 0 Å². The molecule has 9 N–H and O–H groups in total. The summed E-state index contributed by atoms with van der Waals surface area (Å²) in [7, 11) is 0. The topological polar surface area (TPSA) is 397 Å². The summed E-state index contributed by atoms with van der Waals surface area (Å²) in [6, 6.07) is 0. The van der Waals surface area contributed by atoms with Gasteiger partial charge >= 0.3 is 24.0 Å². The predicted octanol–water partition coefficient (Wildman–Crippen LogP) is 3.85. The molecule has 0 bridgehead atoms. The summed E-state index contributed by atoms with van der Waals surface area (Å²) >= 11 is 0. The number of aliphatic carboxylic acids is 3. The van der Waals surface area contributed by atoms with Crippen molar-refractivity contribution in [3.63, 3.8) is 0 Å². The molecule has 93 heavy (non-hydrogen) atoms. The monoisotopic (exact) mass is 1340 g/mol. The maximum atomic E-state index is 12.8. The number of rotatable bonds is 72. The van der Waals surface area contributed by atoms with Gasteiger partial charge in [0.15, 0.2) is 0 Å². The van der Waals surface area contributed by atoms with Crippen LogP contribution in [0, 0.1) is 0 Å². The summed E-state index contributed by atoms with van der Waals surface area (Å²) in [4.78, 5) is 106. The second-order valence-electron chi connectivity index (χ2n) is 21.7. The number of carboxylic acid groups (broad SMARTS) is 3. The molecule has 0 aliphatic rings. The van der Waals surface area contributed by atoms with E-state index in [0.717, 1.165) is 77.0 Å². The minimum Gasteiger partial charge on any atom is -0.481 e. The second kappa shape index (κ2) is 66.6. The zero-order valence-electron chi connectivity index (χ0n) is 55.7. The number of carboxylic acids is 3. The molecule has 1 atom stereocenters. The second-order valence-corrected chi connectivity index (χ2v) is 21.7. The van der Waals surface area contributed by atoms with E-state index in [2.05, 4.69) is 31.9 Å². The van der Waals surface area contributed by atoms with Crippen LogP contribution in [0.1, 0.15) is 161 Å². The molecule has 0 aromatic rings. The Morgan fingerprint density at radius 3 is 0.849 bits per heavy atom. The Kier molecular flexibility index (Phi) is 62.7. The highest BCUT2D eigenvalue weighted by molar-refractivity contribution is 5.77. The van der Waals surface area contributed by atoms with Gasteiger partial charge in [0, 0.05) is 90.6 Å². The number of hydrogen-bond donors (Lipinski definition) is 9. The molecule has 30 nitrogen and oxygen atoms in total. The summed E-state index contributed by atoms with van der Waals surface area (Å²) in [5.74, 6) is -3.17. The highest BCUT2D eigenvalue weighted by Crippen LogP contribution is 2.19. The van der Waals surface area contributed by atoms with E-state index < -0.39 is 29.6 Å². The van der Waals surface area contributed by atoms with Crippen molar-refractivity contribution >= 4 is 53.5 Å². The summed E-state index contributed by atoms with van der Waals surface area (Å²) < 4.78 is 67.2. The van der Waals surface area contributed by atoms with Gasteiger partial charge in [-0.15, -0.1) is 0 Å². The van der Waals surface area contributed by atoms with Gasteiger partial charge in [0.25, 0.3) is 0 Å². The minimum atomic E-state index is -1.16. The summed E-state index contributed by atoms with van der Waals surface area (Å²) in [5.41, 5.74) is -1.16. The lowest BCUT2D eigenvalue weighted by Crippen LogP contribution is -2.45. The number of alkyl carbamates (subject to hydrolysis) is 1. The van der Waals surface area contributed by atoms with Crippen LogP contribution in [0.5, 0.6) is 0 Å². The van der Waals surface area contributed by atoms with Gasteiger partial charge in [0.05, 0.1) is 139 Å². The van der Waals surface area contributed by atoms with Crippen LogP contribution in [0.3, 0.4) is 0 Å². The van der Waals surface area contributed by atoms with E-state index >= 15 is 0 Å². The Balaban J connectivity index is 4.54. The Labute approximate surface area is 550 Å². The molecule has 0 fully saturated rings. The highest BCUT2D eigenvalue weighted by Gasteiger charge is 2.32. The first kappa shape index (κ1) is 87.6. The van der Waals surface area contributed by atoms with Crippen LogP contribution in [0.4, 0.5) is 4.79 Å². The van der Waals surface area contributed by atoms with E-state index in [-0.39, 0.29) is 180 Å². The van der Waals surface area contributed by atoms with Gasteiger partial charge in [-0.3, -0.25) is 38.4 Å². The van der Waals surface area contributed by atoms with Crippen molar-refractivity contribution in [3.8, 4) is 0 Å². The van der Waals surface area contributed by atoms with Crippen LogP contribution in [0.25, 0.3) is 0 Å². The molecule has 0 heterocycles. The van der Waals surface area contributed by atoms with Gasteiger partial charge in [-0.25, -0.2) is 4.79 Å². The Morgan fingerprint density at radius 1 is 0.269 bits per heavy atom. The third-order valence-electron chi connectivity index (χ3n) is 13.7. The fourth-order valence-corrected chi connectivity index (χ4v) is 8.25. The number of nitrogens with one attached hydrogen (secondary N) is 6. The number of hydrogen-bond acceptors (Lipinski definition) is 21. The van der Waals surface area contributed by atoms with Gasteiger partial charge in [0.2, 0.25) is 29.5 Å². The van der Waals surface area contributed by atoms with Gasteiger partial charge in [0.1, 0.15) is 12.2 Å². The Bertz CT molecular complexity index is 1900. The van der Waals surface area contributed by atoms with E-state index in [1.807, 2.05) is 6.92 Å².